The lowest BCUT2D eigenvalue weighted by Gasteiger charge is -2.12. The van der Waals surface area contributed by atoms with E-state index >= 15 is 0 Å². The normalized spacial score (nSPS) is 10.6. The van der Waals surface area contributed by atoms with Gasteiger partial charge in [0.25, 0.3) is 0 Å². The average molecular weight is 291 g/mol. The van der Waals surface area contributed by atoms with Gasteiger partial charge in [-0.2, -0.15) is 0 Å². The van der Waals surface area contributed by atoms with Crippen molar-refractivity contribution in [2.24, 2.45) is 0 Å². The Balaban J connectivity index is 2.41. The third kappa shape index (κ3) is 3.07. The van der Waals surface area contributed by atoms with Crippen LogP contribution in [0.4, 0.5) is 5.00 Å². The first-order valence-corrected chi connectivity index (χ1v) is 7.79. The van der Waals surface area contributed by atoms with Gasteiger partial charge in [-0.25, -0.2) is 0 Å². The quantitative estimate of drug-likeness (QED) is 0.860. The zero-order valence-corrected chi connectivity index (χ0v) is 13.0. The maximum absolute atomic E-state index is 6.12. The summed E-state index contributed by atoms with van der Waals surface area (Å²) in [6.45, 7) is 7.31. The molecule has 1 aromatic heterocycles. The molecule has 0 fully saturated rings. The van der Waals surface area contributed by atoms with E-state index in [0.29, 0.717) is 13.2 Å². The van der Waals surface area contributed by atoms with Crippen LogP contribution in [0.2, 0.25) is 0 Å². The smallest absolute Gasteiger partial charge is 0.161 e. The van der Waals surface area contributed by atoms with Crippen molar-refractivity contribution >= 4 is 16.3 Å². The van der Waals surface area contributed by atoms with Gasteiger partial charge in [0, 0.05) is 10.4 Å². The van der Waals surface area contributed by atoms with Crippen LogP contribution in [0.3, 0.4) is 0 Å². The second-order valence-corrected chi connectivity index (χ2v) is 5.54. The molecule has 0 spiro atoms. The first-order chi connectivity index (χ1) is 9.69. The molecule has 0 aliphatic rings. The molecule has 2 N–H and O–H groups in total. The van der Waals surface area contributed by atoms with Gasteiger partial charge in [-0.3, -0.25) is 0 Å². The molecule has 2 rings (SSSR count). The van der Waals surface area contributed by atoms with Gasteiger partial charge in [-0.15, -0.1) is 11.3 Å². The molecule has 2 aromatic rings. The van der Waals surface area contributed by atoms with Crippen molar-refractivity contribution in [2.75, 3.05) is 18.9 Å². The highest BCUT2D eigenvalue weighted by molar-refractivity contribution is 7.16. The van der Waals surface area contributed by atoms with Crippen LogP contribution < -0.4 is 15.2 Å². The lowest BCUT2D eigenvalue weighted by molar-refractivity contribution is 0.288. The van der Waals surface area contributed by atoms with E-state index in [0.717, 1.165) is 34.0 Å². The molecule has 1 aromatic carbocycles. The lowest BCUT2D eigenvalue weighted by Crippen LogP contribution is -1.98. The molecule has 108 valence electrons. The number of benzene rings is 1. The van der Waals surface area contributed by atoms with E-state index in [1.54, 1.807) is 11.3 Å². The fourth-order valence-electron chi connectivity index (χ4n) is 2.08. The van der Waals surface area contributed by atoms with Gasteiger partial charge in [0.05, 0.1) is 18.2 Å². The first-order valence-electron chi connectivity index (χ1n) is 6.97. The van der Waals surface area contributed by atoms with Crippen molar-refractivity contribution in [3.8, 4) is 22.6 Å². The molecule has 3 nitrogen and oxygen atoms in total. The summed E-state index contributed by atoms with van der Waals surface area (Å²) in [5.41, 5.74) is 8.27. The van der Waals surface area contributed by atoms with Crippen molar-refractivity contribution in [1.29, 1.82) is 0 Å². The van der Waals surface area contributed by atoms with Crippen molar-refractivity contribution < 1.29 is 9.47 Å². The molecule has 0 bridgehead atoms. The van der Waals surface area contributed by atoms with Gasteiger partial charge < -0.3 is 15.2 Å². The van der Waals surface area contributed by atoms with Crippen LogP contribution in [0, 0.1) is 0 Å². The highest BCUT2D eigenvalue weighted by Gasteiger charge is 2.11. The summed E-state index contributed by atoms with van der Waals surface area (Å²) in [4.78, 5) is 1.30. The highest BCUT2D eigenvalue weighted by atomic mass is 32.1. The van der Waals surface area contributed by atoms with E-state index in [2.05, 4.69) is 13.0 Å². The molecule has 0 amide bonds. The van der Waals surface area contributed by atoms with Gasteiger partial charge in [-0.05, 0) is 44.0 Å². The van der Waals surface area contributed by atoms with Gasteiger partial charge in [0.15, 0.2) is 11.5 Å². The number of nitrogens with two attached hydrogens (primary N) is 1. The zero-order chi connectivity index (χ0) is 14.5. The fourth-order valence-corrected chi connectivity index (χ4v) is 2.97. The Morgan fingerprint density at radius 2 is 1.70 bits per heavy atom. The maximum Gasteiger partial charge on any atom is 0.161 e. The van der Waals surface area contributed by atoms with Gasteiger partial charge in [0.2, 0.25) is 0 Å². The van der Waals surface area contributed by atoms with Crippen molar-refractivity contribution in [2.45, 2.75) is 27.2 Å². The Morgan fingerprint density at radius 1 is 1.00 bits per heavy atom. The number of anilines is 1. The largest absolute Gasteiger partial charge is 0.490 e. The van der Waals surface area contributed by atoms with Crippen LogP contribution in [0.15, 0.2) is 24.3 Å². The summed E-state index contributed by atoms with van der Waals surface area (Å²) in [6, 6.07) is 8.15. The van der Waals surface area contributed by atoms with Gasteiger partial charge >= 0.3 is 0 Å². The van der Waals surface area contributed by atoms with E-state index < -0.39 is 0 Å². The van der Waals surface area contributed by atoms with Crippen LogP contribution in [-0.2, 0) is 6.42 Å². The molecule has 0 saturated heterocycles. The minimum Gasteiger partial charge on any atom is -0.490 e. The van der Waals surface area contributed by atoms with Crippen molar-refractivity contribution in [3.63, 3.8) is 0 Å². The standard InChI is InChI=1S/C16H21NO2S/c1-4-12-10-13(16(17)20-12)11-7-8-14(18-5-2)15(9-11)19-6-3/h7-10H,4-6,17H2,1-3H3. The van der Waals surface area contributed by atoms with E-state index in [1.807, 2.05) is 32.0 Å². The highest BCUT2D eigenvalue weighted by Crippen LogP contribution is 2.38. The predicted molar refractivity (Wildman–Crippen MR) is 85.9 cm³/mol. The summed E-state index contributed by atoms with van der Waals surface area (Å²) in [6.07, 6.45) is 1.00. The molecule has 0 aliphatic carbocycles. The second-order valence-electron chi connectivity index (χ2n) is 4.37. The summed E-state index contributed by atoms with van der Waals surface area (Å²) in [5, 5.41) is 0.855. The third-order valence-corrected chi connectivity index (χ3v) is 4.12. The molecule has 1 heterocycles. The summed E-state index contributed by atoms with van der Waals surface area (Å²) in [7, 11) is 0. The lowest BCUT2D eigenvalue weighted by atomic mass is 10.1. The molecule has 0 unspecified atom stereocenters. The molecule has 20 heavy (non-hydrogen) atoms. The van der Waals surface area contributed by atoms with Crippen LogP contribution in [-0.4, -0.2) is 13.2 Å². The minimum absolute atomic E-state index is 0.614. The van der Waals surface area contributed by atoms with E-state index in [4.69, 9.17) is 15.2 Å². The molecular weight excluding hydrogens is 270 g/mol. The number of rotatable bonds is 6. The second kappa shape index (κ2) is 6.66. The monoisotopic (exact) mass is 291 g/mol. The number of ether oxygens (including phenoxy) is 2. The Bertz CT molecular complexity index is 578. The van der Waals surface area contributed by atoms with Gasteiger partial charge in [-0.1, -0.05) is 13.0 Å². The van der Waals surface area contributed by atoms with Gasteiger partial charge in [0.1, 0.15) is 0 Å². The number of hydrogen-bond donors (Lipinski definition) is 1. The molecule has 0 aliphatic heterocycles. The zero-order valence-electron chi connectivity index (χ0n) is 12.2. The summed E-state index contributed by atoms with van der Waals surface area (Å²) >= 11 is 1.65. The number of thiophene rings is 1. The van der Waals surface area contributed by atoms with Crippen LogP contribution in [0.1, 0.15) is 25.6 Å². The number of hydrogen-bond acceptors (Lipinski definition) is 4. The molecule has 4 heteroatoms. The topological polar surface area (TPSA) is 44.5 Å². The summed E-state index contributed by atoms with van der Waals surface area (Å²) < 4.78 is 11.2. The van der Waals surface area contributed by atoms with Crippen LogP contribution >= 0.6 is 11.3 Å². The average Bonchev–Trinajstić information content (AvgIpc) is 2.82. The van der Waals surface area contributed by atoms with Crippen molar-refractivity contribution in [3.05, 3.63) is 29.1 Å². The van der Waals surface area contributed by atoms with E-state index in [9.17, 15) is 0 Å². The first kappa shape index (κ1) is 14.7. The predicted octanol–water partition coefficient (Wildman–Crippen LogP) is 4.36. The SMILES string of the molecule is CCOc1ccc(-c2cc(CC)sc2N)cc1OCC. The Labute approximate surface area is 124 Å². The molecule has 0 atom stereocenters. The molecule has 0 saturated carbocycles. The van der Waals surface area contributed by atoms with E-state index in [-0.39, 0.29) is 0 Å². The fraction of sp³-hybridized carbons (Fsp3) is 0.375. The Kier molecular flexibility index (Phi) is 4.90. The van der Waals surface area contributed by atoms with Crippen LogP contribution in [0.5, 0.6) is 11.5 Å². The summed E-state index contributed by atoms with van der Waals surface area (Å²) in [5.74, 6) is 1.55. The third-order valence-electron chi connectivity index (χ3n) is 3.01. The number of nitrogen functional groups attached to an aromatic ring is 1. The van der Waals surface area contributed by atoms with Crippen molar-refractivity contribution in [1.82, 2.24) is 0 Å². The number of aryl methyl sites for hydroxylation is 1. The Morgan fingerprint density at radius 3 is 2.30 bits per heavy atom. The molecular formula is C16H21NO2S. The van der Waals surface area contributed by atoms with E-state index in [1.165, 1.54) is 4.88 Å². The minimum atomic E-state index is 0.614. The van der Waals surface area contributed by atoms with Crippen LogP contribution in [0.25, 0.3) is 11.1 Å². The Hall–Kier alpha value is -1.68. The molecule has 0 radical (unpaired) electrons. The maximum atomic E-state index is 6.12.